The van der Waals surface area contributed by atoms with Gasteiger partial charge in [0.2, 0.25) is 5.91 Å². The summed E-state index contributed by atoms with van der Waals surface area (Å²) in [6.07, 6.45) is 0. The molecule has 1 saturated heterocycles. The number of amides is 2. The fraction of sp³-hybridized carbons (Fsp3) is 0.333. The van der Waals surface area contributed by atoms with Crippen LogP contribution < -0.4 is 15.0 Å². The lowest BCUT2D eigenvalue weighted by molar-refractivity contribution is -0.130. The number of nitrogens with zero attached hydrogens (tertiary/aromatic N) is 2. The number of anilines is 1. The van der Waals surface area contributed by atoms with Crippen molar-refractivity contribution in [1.82, 2.24) is 10.2 Å². The Hall–Kier alpha value is -3.02. The molecule has 2 aromatic carbocycles. The lowest BCUT2D eigenvalue weighted by atomic mass is 10.1. The van der Waals surface area contributed by atoms with Crippen LogP contribution >= 0.6 is 0 Å². The van der Waals surface area contributed by atoms with E-state index in [2.05, 4.69) is 10.2 Å². The molecule has 6 heteroatoms. The fourth-order valence-corrected chi connectivity index (χ4v) is 3.21. The number of methoxy groups -OCH3 is 1. The predicted molar refractivity (Wildman–Crippen MR) is 105 cm³/mol. The highest BCUT2D eigenvalue weighted by atomic mass is 16.5. The molecule has 3 rings (SSSR count). The van der Waals surface area contributed by atoms with Crippen molar-refractivity contribution in [2.24, 2.45) is 0 Å². The number of rotatable bonds is 5. The van der Waals surface area contributed by atoms with Gasteiger partial charge >= 0.3 is 0 Å². The molecule has 2 amide bonds. The quantitative estimate of drug-likeness (QED) is 0.879. The van der Waals surface area contributed by atoms with Crippen molar-refractivity contribution in [2.45, 2.75) is 6.92 Å². The summed E-state index contributed by atoms with van der Waals surface area (Å²) in [5, 5.41) is 2.73. The summed E-state index contributed by atoms with van der Waals surface area (Å²) < 4.78 is 5.27. The third-order valence-corrected chi connectivity index (χ3v) is 4.84. The molecular weight excluding hydrogens is 342 g/mol. The van der Waals surface area contributed by atoms with E-state index in [1.54, 1.807) is 18.1 Å². The Morgan fingerprint density at radius 2 is 1.78 bits per heavy atom. The molecule has 27 heavy (non-hydrogen) atoms. The Labute approximate surface area is 159 Å². The third-order valence-electron chi connectivity index (χ3n) is 4.84. The Balaban J connectivity index is 1.50. The number of benzene rings is 2. The molecular formula is C21H25N3O3. The van der Waals surface area contributed by atoms with Gasteiger partial charge in [-0.25, -0.2) is 0 Å². The van der Waals surface area contributed by atoms with Crippen molar-refractivity contribution >= 4 is 17.5 Å². The van der Waals surface area contributed by atoms with Gasteiger partial charge in [-0.1, -0.05) is 24.3 Å². The van der Waals surface area contributed by atoms with Crippen LogP contribution in [0, 0.1) is 6.92 Å². The molecule has 0 aliphatic carbocycles. The molecule has 2 aromatic rings. The summed E-state index contributed by atoms with van der Waals surface area (Å²) in [7, 11) is 1.65. The summed E-state index contributed by atoms with van der Waals surface area (Å²) in [4.78, 5) is 28.7. The molecule has 1 aliphatic rings. The van der Waals surface area contributed by atoms with Gasteiger partial charge in [-0.05, 0) is 30.7 Å². The van der Waals surface area contributed by atoms with E-state index in [1.807, 2.05) is 49.4 Å². The lowest BCUT2D eigenvalue weighted by Crippen LogP contribution is -2.51. The van der Waals surface area contributed by atoms with Crippen LogP contribution in [-0.4, -0.2) is 56.5 Å². The number of carbonyl (C=O) groups excluding carboxylic acids is 2. The van der Waals surface area contributed by atoms with Gasteiger partial charge in [0.15, 0.2) is 0 Å². The molecule has 0 aromatic heterocycles. The average molecular weight is 367 g/mol. The normalized spacial score (nSPS) is 14.0. The molecule has 1 fully saturated rings. The Morgan fingerprint density at radius 1 is 1.04 bits per heavy atom. The first-order valence-electron chi connectivity index (χ1n) is 9.09. The van der Waals surface area contributed by atoms with Crippen LogP contribution in [0.15, 0.2) is 48.5 Å². The molecule has 1 heterocycles. The zero-order valence-corrected chi connectivity index (χ0v) is 15.8. The van der Waals surface area contributed by atoms with E-state index in [-0.39, 0.29) is 18.4 Å². The summed E-state index contributed by atoms with van der Waals surface area (Å²) in [6.45, 7) is 4.68. The maximum Gasteiger partial charge on any atom is 0.251 e. The second-order valence-electron chi connectivity index (χ2n) is 6.57. The maximum atomic E-state index is 12.4. The van der Waals surface area contributed by atoms with Crippen LogP contribution in [0.4, 0.5) is 5.69 Å². The SMILES string of the molecule is COc1cccc(N2CCN(C(=O)CNC(=O)c3ccccc3C)CC2)c1. The average Bonchev–Trinajstić information content (AvgIpc) is 2.72. The molecule has 0 spiro atoms. The van der Waals surface area contributed by atoms with E-state index >= 15 is 0 Å². The van der Waals surface area contributed by atoms with E-state index in [0.29, 0.717) is 18.7 Å². The molecule has 0 bridgehead atoms. The first kappa shape index (κ1) is 18.8. The van der Waals surface area contributed by atoms with Crippen LogP contribution in [0.2, 0.25) is 0 Å². The van der Waals surface area contributed by atoms with Gasteiger partial charge in [0, 0.05) is 43.5 Å². The lowest BCUT2D eigenvalue weighted by Gasteiger charge is -2.36. The highest BCUT2D eigenvalue weighted by Gasteiger charge is 2.22. The van der Waals surface area contributed by atoms with E-state index in [1.165, 1.54) is 0 Å². The van der Waals surface area contributed by atoms with Gasteiger partial charge in [0.05, 0.1) is 13.7 Å². The zero-order chi connectivity index (χ0) is 19.2. The molecule has 1 aliphatic heterocycles. The number of hydrogen-bond acceptors (Lipinski definition) is 4. The first-order chi connectivity index (χ1) is 13.1. The van der Waals surface area contributed by atoms with Gasteiger partial charge in [0.25, 0.3) is 5.91 Å². The van der Waals surface area contributed by atoms with Gasteiger partial charge in [-0.15, -0.1) is 0 Å². The van der Waals surface area contributed by atoms with Crippen LogP contribution in [0.5, 0.6) is 5.75 Å². The molecule has 1 N–H and O–H groups in total. The monoisotopic (exact) mass is 367 g/mol. The molecule has 0 radical (unpaired) electrons. The predicted octanol–water partition coefficient (Wildman–Crippen LogP) is 2.08. The standard InChI is InChI=1S/C21H25N3O3/c1-16-6-3-4-9-19(16)21(26)22-15-20(25)24-12-10-23(11-13-24)17-7-5-8-18(14-17)27-2/h3-9,14H,10-13,15H2,1-2H3,(H,22,26). The molecule has 0 saturated carbocycles. The minimum absolute atomic E-state index is 0.0202. The first-order valence-corrected chi connectivity index (χ1v) is 9.09. The second kappa shape index (κ2) is 8.58. The van der Waals surface area contributed by atoms with E-state index < -0.39 is 0 Å². The smallest absolute Gasteiger partial charge is 0.251 e. The Morgan fingerprint density at radius 3 is 2.48 bits per heavy atom. The van der Waals surface area contributed by atoms with Crippen LogP contribution in [0.1, 0.15) is 15.9 Å². The van der Waals surface area contributed by atoms with Crippen molar-refractivity contribution in [3.05, 3.63) is 59.7 Å². The second-order valence-corrected chi connectivity index (χ2v) is 6.57. The van der Waals surface area contributed by atoms with E-state index in [0.717, 1.165) is 30.1 Å². The van der Waals surface area contributed by atoms with Crippen LogP contribution in [-0.2, 0) is 4.79 Å². The largest absolute Gasteiger partial charge is 0.497 e. The summed E-state index contributed by atoms with van der Waals surface area (Å²) in [6, 6.07) is 15.3. The van der Waals surface area contributed by atoms with Gasteiger partial charge in [0.1, 0.15) is 5.75 Å². The van der Waals surface area contributed by atoms with Crippen LogP contribution in [0.25, 0.3) is 0 Å². The van der Waals surface area contributed by atoms with Crippen LogP contribution in [0.3, 0.4) is 0 Å². The number of piperazine rings is 1. The molecule has 0 unspecified atom stereocenters. The number of aryl methyl sites for hydroxylation is 1. The summed E-state index contributed by atoms with van der Waals surface area (Å²) >= 11 is 0. The number of nitrogens with one attached hydrogen (secondary N) is 1. The van der Waals surface area contributed by atoms with Gasteiger partial charge in [-0.3, -0.25) is 9.59 Å². The number of carbonyl (C=O) groups is 2. The Kier molecular flexibility index (Phi) is 5.96. The fourth-order valence-electron chi connectivity index (χ4n) is 3.21. The van der Waals surface area contributed by atoms with E-state index in [4.69, 9.17) is 4.74 Å². The van der Waals surface area contributed by atoms with Crippen molar-refractivity contribution in [3.63, 3.8) is 0 Å². The van der Waals surface area contributed by atoms with Gasteiger partial charge in [-0.2, -0.15) is 0 Å². The minimum atomic E-state index is -0.212. The van der Waals surface area contributed by atoms with Crippen molar-refractivity contribution < 1.29 is 14.3 Å². The van der Waals surface area contributed by atoms with Crippen molar-refractivity contribution in [1.29, 1.82) is 0 Å². The summed E-state index contributed by atoms with van der Waals surface area (Å²) in [5.74, 6) is 0.559. The highest BCUT2D eigenvalue weighted by molar-refractivity contribution is 5.97. The third kappa shape index (κ3) is 4.58. The zero-order valence-electron chi connectivity index (χ0n) is 15.8. The number of hydrogen-bond donors (Lipinski definition) is 1. The van der Waals surface area contributed by atoms with E-state index in [9.17, 15) is 9.59 Å². The summed E-state index contributed by atoms with van der Waals surface area (Å²) in [5.41, 5.74) is 2.59. The molecule has 0 atom stereocenters. The number of ether oxygens (including phenoxy) is 1. The highest BCUT2D eigenvalue weighted by Crippen LogP contribution is 2.22. The molecule has 6 nitrogen and oxygen atoms in total. The topological polar surface area (TPSA) is 61.9 Å². The van der Waals surface area contributed by atoms with Crippen molar-refractivity contribution in [2.75, 3.05) is 44.7 Å². The van der Waals surface area contributed by atoms with Crippen molar-refractivity contribution in [3.8, 4) is 5.75 Å². The Bertz CT molecular complexity index is 814. The maximum absolute atomic E-state index is 12.4. The van der Waals surface area contributed by atoms with Gasteiger partial charge < -0.3 is 19.9 Å². The molecule has 142 valence electrons. The minimum Gasteiger partial charge on any atom is -0.497 e.